The summed E-state index contributed by atoms with van der Waals surface area (Å²) in [7, 11) is 0. The van der Waals surface area contributed by atoms with E-state index in [2.05, 4.69) is 10.6 Å². The minimum Gasteiger partial charge on any atom is -0.322 e. The van der Waals surface area contributed by atoms with E-state index >= 15 is 0 Å². The second kappa shape index (κ2) is 10.0. The number of benzene rings is 3. The first-order valence-corrected chi connectivity index (χ1v) is 13.0. The SMILES string of the molecule is C[C@@H](c1ccccc1)C(C(=O)Nc1ccc(I)cc1F)N1C(=O)NC(c2ccc(C3CC3)cc2)C1=O. The smallest absolute Gasteiger partial charge is 0.322 e. The van der Waals surface area contributed by atoms with Crippen molar-refractivity contribution in [3.8, 4) is 0 Å². The monoisotopic (exact) mass is 597 g/mol. The molecule has 0 radical (unpaired) electrons. The Morgan fingerprint density at radius 3 is 2.33 bits per heavy atom. The van der Waals surface area contributed by atoms with Crippen molar-refractivity contribution in [3.63, 3.8) is 0 Å². The third-order valence-corrected chi connectivity index (χ3v) is 7.50. The van der Waals surface area contributed by atoms with Crippen LogP contribution in [0.15, 0.2) is 72.8 Å². The predicted octanol–water partition coefficient (Wildman–Crippen LogP) is 5.71. The number of hydrogen-bond acceptors (Lipinski definition) is 3. The molecule has 1 aliphatic carbocycles. The molecule has 5 rings (SSSR count). The Kier molecular flexibility index (Phi) is 6.79. The number of rotatable bonds is 7. The van der Waals surface area contributed by atoms with Gasteiger partial charge in [-0.05, 0) is 76.2 Å². The van der Waals surface area contributed by atoms with Gasteiger partial charge in [0.15, 0.2) is 0 Å². The quantitative estimate of drug-likeness (QED) is 0.271. The molecule has 1 aliphatic heterocycles. The van der Waals surface area contributed by atoms with Crippen molar-refractivity contribution in [1.29, 1.82) is 0 Å². The van der Waals surface area contributed by atoms with Crippen molar-refractivity contribution >= 4 is 46.1 Å². The van der Waals surface area contributed by atoms with Crippen molar-refractivity contribution in [2.45, 2.75) is 43.7 Å². The fourth-order valence-electron chi connectivity index (χ4n) is 4.66. The molecule has 1 heterocycles. The highest BCUT2D eigenvalue weighted by atomic mass is 127. The van der Waals surface area contributed by atoms with Crippen LogP contribution in [0.3, 0.4) is 0 Å². The highest BCUT2D eigenvalue weighted by Crippen LogP contribution is 2.40. The summed E-state index contributed by atoms with van der Waals surface area (Å²) in [4.78, 5) is 41.3. The summed E-state index contributed by atoms with van der Waals surface area (Å²) in [6, 6.07) is 18.6. The van der Waals surface area contributed by atoms with Crippen LogP contribution >= 0.6 is 22.6 Å². The normalized spacial score (nSPS) is 19.1. The Labute approximate surface area is 222 Å². The maximum absolute atomic E-state index is 14.5. The van der Waals surface area contributed by atoms with Gasteiger partial charge >= 0.3 is 6.03 Å². The highest BCUT2D eigenvalue weighted by molar-refractivity contribution is 14.1. The zero-order valence-electron chi connectivity index (χ0n) is 19.6. The average molecular weight is 597 g/mol. The minimum atomic E-state index is -1.19. The number of nitrogens with zero attached hydrogens (tertiary/aromatic N) is 1. The van der Waals surface area contributed by atoms with Gasteiger partial charge in [0.05, 0.1) is 5.69 Å². The lowest BCUT2D eigenvalue weighted by Gasteiger charge is -2.30. The number of halogens is 2. The van der Waals surface area contributed by atoms with E-state index in [0.717, 1.165) is 10.5 Å². The van der Waals surface area contributed by atoms with Gasteiger partial charge in [0.25, 0.3) is 5.91 Å². The molecule has 4 amide bonds. The summed E-state index contributed by atoms with van der Waals surface area (Å²) in [5.74, 6) is -1.70. The molecule has 0 aromatic heterocycles. The molecule has 3 aromatic rings. The van der Waals surface area contributed by atoms with Crippen LogP contribution in [0.1, 0.15) is 54.3 Å². The summed E-state index contributed by atoms with van der Waals surface area (Å²) in [6.45, 7) is 1.78. The van der Waals surface area contributed by atoms with Crippen molar-refractivity contribution in [2.75, 3.05) is 5.32 Å². The summed E-state index contributed by atoms with van der Waals surface area (Å²) in [6.07, 6.45) is 2.34. The molecule has 3 atom stereocenters. The summed E-state index contributed by atoms with van der Waals surface area (Å²) >= 11 is 1.98. The maximum Gasteiger partial charge on any atom is 0.325 e. The molecular formula is C28H25FIN3O3. The fraction of sp³-hybridized carbons (Fsp3) is 0.250. The van der Waals surface area contributed by atoms with Crippen molar-refractivity contribution < 1.29 is 18.8 Å². The topological polar surface area (TPSA) is 78.5 Å². The molecular weight excluding hydrogens is 572 g/mol. The zero-order chi connectivity index (χ0) is 25.4. The van der Waals surface area contributed by atoms with Gasteiger partial charge in [0.1, 0.15) is 17.9 Å². The van der Waals surface area contributed by atoms with Crippen LogP contribution in [-0.4, -0.2) is 28.8 Å². The van der Waals surface area contributed by atoms with E-state index in [1.165, 1.54) is 30.5 Å². The zero-order valence-corrected chi connectivity index (χ0v) is 21.7. The Morgan fingerprint density at radius 1 is 1.03 bits per heavy atom. The molecule has 8 heteroatoms. The van der Waals surface area contributed by atoms with Crippen LogP contribution in [0.4, 0.5) is 14.9 Å². The number of amides is 4. The standard InChI is InChI=1S/C28H25FIN3O3/c1-16(17-5-3-2-4-6-17)25(26(34)31-23-14-13-21(30)15-22(23)29)33-27(35)24(32-28(33)36)20-11-9-19(10-12-20)18-7-8-18/h2-6,9-16,18,24-25H,7-8H2,1H3,(H,31,34)(H,32,36)/t16-,24?,25?/m0/s1. The van der Waals surface area contributed by atoms with Gasteiger partial charge < -0.3 is 10.6 Å². The lowest BCUT2D eigenvalue weighted by molar-refractivity contribution is -0.134. The number of nitrogens with one attached hydrogen (secondary N) is 2. The lowest BCUT2D eigenvalue weighted by atomic mass is 9.91. The summed E-state index contributed by atoms with van der Waals surface area (Å²) in [5.41, 5.74) is 2.65. The molecule has 6 nitrogen and oxygen atoms in total. The summed E-state index contributed by atoms with van der Waals surface area (Å²) < 4.78 is 15.2. The highest BCUT2D eigenvalue weighted by Gasteiger charge is 2.47. The molecule has 36 heavy (non-hydrogen) atoms. The van der Waals surface area contributed by atoms with Crippen molar-refractivity contribution in [2.24, 2.45) is 0 Å². The van der Waals surface area contributed by atoms with Crippen LogP contribution < -0.4 is 10.6 Å². The van der Waals surface area contributed by atoms with E-state index in [1.54, 1.807) is 13.0 Å². The fourth-order valence-corrected chi connectivity index (χ4v) is 5.12. The molecule has 2 fully saturated rings. The second-order valence-electron chi connectivity index (χ2n) is 9.29. The maximum atomic E-state index is 14.5. The number of imide groups is 1. The summed E-state index contributed by atoms with van der Waals surface area (Å²) in [5, 5.41) is 5.34. The van der Waals surface area contributed by atoms with E-state index in [0.29, 0.717) is 15.1 Å². The van der Waals surface area contributed by atoms with Gasteiger partial charge in [-0.2, -0.15) is 0 Å². The van der Waals surface area contributed by atoms with Gasteiger partial charge in [-0.25, -0.2) is 14.1 Å². The van der Waals surface area contributed by atoms with Gasteiger partial charge in [0.2, 0.25) is 5.91 Å². The van der Waals surface area contributed by atoms with E-state index in [4.69, 9.17) is 0 Å². The number of carbonyl (C=O) groups excluding carboxylic acids is 3. The minimum absolute atomic E-state index is 0.00931. The lowest BCUT2D eigenvalue weighted by Crippen LogP contribution is -2.50. The van der Waals surface area contributed by atoms with E-state index in [9.17, 15) is 18.8 Å². The van der Waals surface area contributed by atoms with Crippen molar-refractivity contribution in [3.05, 3.63) is 98.9 Å². The molecule has 3 aromatic carbocycles. The third-order valence-electron chi connectivity index (χ3n) is 6.82. The van der Waals surface area contributed by atoms with E-state index in [-0.39, 0.29) is 5.69 Å². The number of carbonyl (C=O) groups is 3. The number of hydrogen-bond donors (Lipinski definition) is 2. The molecule has 0 bridgehead atoms. The first-order valence-electron chi connectivity index (χ1n) is 11.9. The van der Waals surface area contributed by atoms with Gasteiger partial charge in [-0.1, -0.05) is 61.5 Å². The Hall–Kier alpha value is -3.27. The predicted molar refractivity (Wildman–Crippen MR) is 143 cm³/mol. The first kappa shape index (κ1) is 24.4. The van der Waals surface area contributed by atoms with Gasteiger partial charge in [0, 0.05) is 9.49 Å². The second-order valence-corrected chi connectivity index (χ2v) is 10.5. The molecule has 2 unspecified atom stereocenters. The number of urea groups is 1. The Balaban J connectivity index is 1.46. The van der Waals surface area contributed by atoms with Gasteiger partial charge in [-0.3, -0.25) is 9.59 Å². The molecule has 2 aliphatic rings. The Morgan fingerprint density at radius 2 is 1.69 bits per heavy atom. The van der Waals surface area contributed by atoms with Crippen LogP contribution in [-0.2, 0) is 9.59 Å². The van der Waals surface area contributed by atoms with Crippen LogP contribution in [0.25, 0.3) is 0 Å². The van der Waals surface area contributed by atoms with Crippen molar-refractivity contribution in [1.82, 2.24) is 10.2 Å². The number of anilines is 1. The van der Waals surface area contributed by atoms with Gasteiger partial charge in [-0.15, -0.1) is 0 Å². The molecule has 1 saturated heterocycles. The van der Waals surface area contributed by atoms with E-state index < -0.39 is 41.7 Å². The van der Waals surface area contributed by atoms with E-state index in [1.807, 2.05) is 77.2 Å². The van der Waals surface area contributed by atoms with Crippen LogP contribution in [0.2, 0.25) is 0 Å². The third kappa shape index (κ3) is 4.86. The van der Waals surface area contributed by atoms with Crippen LogP contribution in [0.5, 0.6) is 0 Å². The Bertz CT molecular complexity index is 1310. The molecule has 184 valence electrons. The molecule has 0 spiro atoms. The first-order chi connectivity index (χ1) is 17.3. The largest absolute Gasteiger partial charge is 0.325 e. The molecule has 2 N–H and O–H groups in total. The molecule has 1 saturated carbocycles. The van der Waals surface area contributed by atoms with Crippen LogP contribution in [0, 0.1) is 9.39 Å². The average Bonchev–Trinajstić information content (AvgIpc) is 3.68.